The maximum absolute atomic E-state index is 6.03. The van der Waals surface area contributed by atoms with E-state index in [0.29, 0.717) is 5.92 Å². The van der Waals surface area contributed by atoms with Crippen molar-refractivity contribution in [3.63, 3.8) is 0 Å². The molecule has 2 aromatic carbocycles. The van der Waals surface area contributed by atoms with Crippen molar-refractivity contribution >= 4 is 0 Å². The highest BCUT2D eigenvalue weighted by Gasteiger charge is 2.07. The van der Waals surface area contributed by atoms with E-state index >= 15 is 0 Å². The van der Waals surface area contributed by atoms with Crippen molar-refractivity contribution in [3.05, 3.63) is 58.7 Å². The minimum absolute atomic E-state index is 0.553. The van der Waals surface area contributed by atoms with Gasteiger partial charge in [-0.3, -0.25) is 0 Å². The molecule has 0 N–H and O–H groups in total. The highest BCUT2D eigenvalue weighted by Crippen LogP contribution is 2.30. The summed E-state index contributed by atoms with van der Waals surface area (Å²) in [4.78, 5) is 0. The summed E-state index contributed by atoms with van der Waals surface area (Å²) in [5, 5.41) is 0. The Morgan fingerprint density at radius 3 is 1.84 bits per heavy atom. The highest BCUT2D eigenvalue weighted by atomic mass is 16.5. The fourth-order valence-corrected chi connectivity index (χ4v) is 2.37. The molecule has 0 heterocycles. The van der Waals surface area contributed by atoms with Crippen LogP contribution in [0.15, 0.2) is 36.4 Å². The Kier molecular flexibility index (Phi) is 3.94. The maximum atomic E-state index is 6.03. The second-order valence-corrected chi connectivity index (χ2v) is 5.55. The van der Waals surface area contributed by atoms with Crippen LogP contribution in [0.1, 0.15) is 42.0 Å². The second kappa shape index (κ2) is 5.48. The van der Waals surface area contributed by atoms with Gasteiger partial charge in [0.05, 0.1) is 0 Å². The molecule has 0 aliphatic carbocycles. The first-order valence-corrected chi connectivity index (χ1v) is 6.83. The van der Waals surface area contributed by atoms with E-state index in [2.05, 4.69) is 58.9 Å². The summed E-state index contributed by atoms with van der Waals surface area (Å²) in [7, 11) is 0. The van der Waals surface area contributed by atoms with E-state index in [4.69, 9.17) is 4.74 Å². The lowest BCUT2D eigenvalue weighted by molar-refractivity contribution is 0.474. The lowest BCUT2D eigenvalue weighted by Crippen LogP contribution is -1.93. The minimum Gasteiger partial charge on any atom is -0.457 e. The van der Waals surface area contributed by atoms with Gasteiger partial charge in [0, 0.05) is 0 Å². The summed E-state index contributed by atoms with van der Waals surface area (Å²) in [5.74, 6) is 2.43. The van der Waals surface area contributed by atoms with Crippen LogP contribution in [0.25, 0.3) is 0 Å². The fraction of sp³-hybridized carbons (Fsp3) is 0.333. The van der Waals surface area contributed by atoms with Gasteiger partial charge in [-0.2, -0.15) is 0 Å². The van der Waals surface area contributed by atoms with Crippen LogP contribution in [0.2, 0.25) is 0 Å². The molecule has 0 atom stereocenters. The van der Waals surface area contributed by atoms with Crippen LogP contribution in [-0.2, 0) is 0 Å². The smallest absolute Gasteiger partial charge is 0.133 e. The Bertz CT molecular complexity index is 542. The number of aryl methyl sites for hydroxylation is 3. The molecule has 100 valence electrons. The summed E-state index contributed by atoms with van der Waals surface area (Å²) in [6.45, 7) is 10.7. The van der Waals surface area contributed by atoms with Crippen LogP contribution in [0.4, 0.5) is 0 Å². The fourth-order valence-electron chi connectivity index (χ4n) is 2.37. The van der Waals surface area contributed by atoms with Crippen LogP contribution < -0.4 is 4.74 Å². The van der Waals surface area contributed by atoms with Crippen molar-refractivity contribution in [3.8, 4) is 11.5 Å². The Morgan fingerprint density at radius 2 is 1.37 bits per heavy atom. The lowest BCUT2D eigenvalue weighted by atomic mass is 10.0. The van der Waals surface area contributed by atoms with Gasteiger partial charge in [0.2, 0.25) is 0 Å². The van der Waals surface area contributed by atoms with Crippen LogP contribution >= 0.6 is 0 Å². The standard InChI is InChI=1S/C18H22O/c1-12(2)16-6-8-17(9-7-16)19-18-14(4)10-13(3)11-15(18)5/h6-12H,1-5H3. The molecule has 2 aromatic rings. The van der Waals surface area contributed by atoms with E-state index in [-0.39, 0.29) is 0 Å². The minimum atomic E-state index is 0.553. The maximum Gasteiger partial charge on any atom is 0.133 e. The number of ether oxygens (including phenoxy) is 1. The molecule has 0 saturated carbocycles. The van der Waals surface area contributed by atoms with Crippen molar-refractivity contribution in [1.29, 1.82) is 0 Å². The first kappa shape index (κ1) is 13.7. The molecule has 19 heavy (non-hydrogen) atoms. The molecule has 0 spiro atoms. The van der Waals surface area contributed by atoms with Crippen LogP contribution in [0.5, 0.6) is 11.5 Å². The normalized spacial score (nSPS) is 10.8. The predicted molar refractivity (Wildman–Crippen MR) is 81.3 cm³/mol. The van der Waals surface area contributed by atoms with Crippen molar-refractivity contribution in [2.24, 2.45) is 0 Å². The summed E-state index contributed by atoms with van der Waals surface area (Å²) >= 11 is 0. The Balaban J connectivity index is 2.26. The third-order valence-corrected chi connectivity index (χ3v) is 3.37. The Hall–Kier alpha value is -1.76. The molecular weight excluding hydrogens is 232 g/mol. The van der Waals surface area contributed by atoms with Gasteiger partial charge in [-0.1, -0.05) is 43.7 Å². The predicted octanol–water partition coefficient (Wildman–Crippen LogP) is 5.53. The third kappa shape index (κ3) is 3.17. The Labute approximate surface area is 116 Å². The second-order valence-electron chi connectivity index (χ2n) is 5.55. The average Bonchev–Trinajstić information content (AvgIpc) is 2.34. The first-order valence-electron chi connectivity index (χ1n) is 6.83. The van der Waals surface area contributed by atoms with Gasteiger partial charge in [0.1, 0.15) is 11.5 Å². The van der Waals surface area contributed by atoms with Gasteiger partial charge in [0.15, 0.2) is 0 Å². The quantitative estimate of drug-likeness (QED) is 0.700. The van der Waals surface area contributed by atoms with Crippen LogP contribution in [0.3, 0.4) is 0 Å². The summed E-state index contributed by atoms with van der Waals surface area (Å²) in [5.41, 5.74) is 4.98. The zero-order valence-electron chi connectivity index (χ0n) is 12.4. The first-order chi connectivity index (χ1) is 8.97. The molecule has 2 rings (SSSR count). The topological polar surface area (TPSA) is 9.23 Å². The van der Waals surface area contributed by atoms with Gasteiger partial charge < -0.3 is 4.74 Å². The lowest BCUT2D eigenvalue weighted by Gasteiger charge is -2.13. The molecule has 0 radical (unpaired) electrons. The molecule has 0 aliphatic heterocycles. The molecule has 0 amide bonds. The van der Waals surface area contributed by atoms with Crippen molar-refractivity contribution in [2.45, 2.75) is 40.5 Å². The summed E-state index contributed by atoms with van der Waals surface area (Å²) < 4.78 is 6.03. The SMILES string of the molecule is Cc1cc(C)c(Oc2ccc(C(C)C)cc2)c(C)c1. The molecule has 0 aliphatic rings. The van der Waals surface area contributed by atoms with E-state index < -0.39 is 0 Å². The van der Waals surface area contributed by atoms with Crippen LogP contribution in [0, 0.1) is 20.8 Å². The number of hydrogen-bond donors (Lipinski definition) is 0. The molecule has 0 saturated heterocycles. The molecule has 1 nitrogen and oxygen atoms in total. The molecule has 0 fully saturated rings. The molecular formula is C18H22O. The Morgan fingerprint density at radius 1 is 0.842 bits per heavy atom. The van der Waals surface area contributed by atoms with Gasteiger partial charge in [-0.05, 0) is 55.5 Å². The molecule has 0 bridgehead atoms. The molecule has 0 aromatic heterocycles. The average molecular weight is 254 g/mol. The largest absolute Gasteiger partial charge is 0.457 e. The van der Waals surface area contributed by atoms with E-state index in [1.807, 2.05) is 12.1 Å². The van der Waals surface area contributed by atoms with Gasteiger partial charge >= 0.3 is 0 Å². The number of hydrogen-bond acceptors (Lipinski definition) is 1. The van der Waals surface area contributed by atoms with Gasteiger partial charge in [-0.25, -0.2) is 0 Å². The number of benzene rings is 2. The van der Waals surface area contributed by atoms with Gasteiger partial charge in [-0.15, -0.1) is 0 Å². The molecule has 0 unspecified atom stereocenters. The van der Waals surface area contributed by atoms with Crippen LogP contribution in [-0.4, -0.2) is 0 Å². The van der Waals surface area contributed by atoms with Gasteiger partial charge in [0.25, 0.3) is 0 Å². The van der Waals surface area contributed by atoms with E-state index in [9.17, 15) is 0 Å². The van der Waals surface area contributed by atoms with E-state index in [1.54, 1.807) is 0 Å². The zero-order chi connectivity index (χ0) is 14.0. The van der Waals surface area contributed by atoms with Crippen molar-refractivity contribution in [1.82, 2.24) is 0 Å². The summed E-state index contributed by atoms with van der Waals surface area (Å²) in [6, 6.07) is 12.7. The zero-order valence-corrected chi connectivity index (χ0v) is 12.4. The van der Waals surface area contributed by atoms with E-state index in [1.165, 1.54) is 22.3 Å². The van der Waals surface area contributed by atoms with E-state index in [0.717, 1.165) is 11.5 Å². The number of rotatable bonds is 3. The highest BCUT2D eigenvalue weighted by molar-refractivity contribution is 5.45. The van der Waals surface area contributed by atoms with Crippen molar-refractivity contribution in [2.75, 3.05) is 0 Å². The third-order valence-electron chi connectivity index (χ3n) is 3.37. The molecule has 1 heteroatoms. The van der Waals surface area contributed by atoms with Crippen molar-refractivity contribution < 1.29 is 4.74 Å². The summed E-state index contributed by atoms with van der Waals surface area (Å²) in [6.07, 6.45) is 0. The monoisotopic (exact) mass is 254 g/mol.